The second-order valence-corrected chi connectivity index (χ2v) is 8.08. The molecule has 8 nitrogen and oxygen atoms in total. The van der Waals surface area contributed by atoms with Crippen molar-refractivity contribution in [3.63, 3.8) is 0 Å². The van der Waals surface area contributed by atoms with Crippen LogP contribution in [0.15, 0.2) is 18.3 Å². The van der Waals surface area contributed by atoms with E-state index in [-0.39, 0.29) is 29.9 Å². The van der Waals surface area contributed by atoms with E-state index in [0.29, 0.717) is 18.7 Å². The number of nitrogens with zero attached hydrogens (tertiary/aromatic N) is 4. The predicted molar refractivity (Wildman–Crippen MR) is 106 cm³/mol. The molecule has 2 atom stereocenters. The molecule has 150 valence electrons. The molecular formula is C20H28N6O2. The summed E-state index contributed by atoms with van der Waals surface area (Å²) in [5.74, 6) is 1.13. The Kier molecular flexibility index (Phi) is 5.19. The maximum absolute atomic E-state index is 13.2. The van der Waals surface area contributed by atoms with E-state index in [4.69, 9.17) is 0 Å². The van der Waals surface area contributed by atoms with Crippen LogP contribution in [0.5, 0.6) is 0 Å². The Morgan fingerprint density at radius 1 is 1.25 bits per heavy atom. The highest BCUT2D eigenvalue weighted by molar-refractivity contribution is 5.88. The molecule has 0 spiro atoms. The number of hydrogen-bond donors (Lipinski definition) is 2. The normalized spacial score (nSPS) is 22.8. The quantitative estimate of drug-likeness (QED) is 0.849. The van der Waals surface area contributed by atoms with Gasteiger partial charge in [0.05, 0.1) is 5.52 Å². The molecule has 2 unspecified atom stereocenters. The number of imidazole rings is 1. The minimum absolute atomic E-state index is 0.0601. The molecule has 2 aromatic heterocycles. The summed E-state index contributed by atoms with van der Waals surface area (Å²) < 4.78 is 0. The fraction of sp³-hybridized carbons (Fsp3) is 0.600. The summed E-state index contributed by atoms with van der Waals surface area (Å²) in [6, 6.07) is 3.43. The van der Waals surface area contributed by atoms with Crippen molar-refractivity contribution >= 4 is 23.1 Å². The lowest BCUT2D eigenvalue weighted by Crippen LogP contribution is -2.53. The maximum Gasteiger partial charge on any atom is 0.318 e. The number of fused-ring (bicyclic) bond motifs is 1. The standard InChI is InChI=1S/C20H28N6O2/c1-13(2)22-20(28)26-11-5-8-16(26)19(27)25-10-4-6-14(12-25)17-23-15-7-3-9-21-18(15)24-17/h3,7,9,13-14,16H,4-6,8,10-12H2,1-2H3,(H,22,28)(H,21,23,24). The van der Waals surface area contributed by atoms with Crippen molar-refractivity contribution in [2.45, 2.75) is 57.5 Å². The molecule has 4 rings (SSSR count). The van der Waals surface area contributed by atoms with Gasteiger partial charge in [0.25, 0.3) is 0 Å². The van der Waals surface area contributed by atoms with E-state index in [1.54, 1.807) is 11.1 Å². The summed E-state index contributed by atoms with van der Waals surface area (Å²) in [5, 5.41) is 2.92. The molecule has 0 radical (unpaired) electrons. The molecule has 2 aliphatic heterocycles. The number of aromatic amines is 1. The topological polar surface area (TPSA) is 94.2 Å². The van der Waals surface area contributed by atoms with E-state index < -0.39 is 0 Å². The van der Waals surface area contributed by atoms with Crippen molar-refractivity contribution < 1.29 is 9.59 Å². The number of likely N-dealkylation sites (tertiary alicyclic amines) is 2. The Hall–Kier alpha value is -2.64. The molecule has 2 fully saturated rings. The predicted octanol–water partition coefficient (Wildman–Crippen LogP) is 2.25. The van der Waals surface area contributed by atoms with Gasteiger partial charge in [-0.05, 0) is 51.7 Å². The number of rotatable bonds is 3. The van der Waals surface area contributed by atoms with Crippen LogP contribution in [0, 0.1) is 0 Å². The Bertz CT molecular complexity index is 830. The number of urea groups is 1. The zero-order valence-corrected chi connectivity index (χ0v) is 16.5. The van der Waals surface area contributed by atoms with E-state index in [2.05, 4.69) is 20.3 Å². The zero-order valence-electron chi connectivity index (χ0n) is 16.5. The number of H-pyrrole nitrogens is 1. The molecule has 2 aliphatic rings. The first-order valence-corrected chi connectivity index (χ1v) is 10.2. The van der Waals surface area contributed by atoms with Gasteiger partial charge >= 0.3 is 6.03 Å². The van der Waals surface area contributed by atoms with Crippen LogP contribution in [-0.4, -0.2) is 68.4 Å². The highest BCUT2D eigenvalue weighted by Gasteiger charge is 2.38. The van der Waals surface area contributed by atoms with Crippen LogP contribution < -0.4 is 5.32 Å². The van der Waals surface area contributed by atoms with Crippen molar-refractivity contribution in [1.29, 1.82) is 0 Å². The van der Waals surface area contributed by atoms with Crippen molar-refractivity contribution in [3.8, 4) is 0 Å². The van der Waals surface area contributed by atoms with E-state index in [1.165, 1.54) is 0 Å². The molecule has 28 heavy (non-hydrogen) atoms. The Morgan fingerprint density at radius 3 is 2.86 bits per heavy atom. The summed E-state index contributed by atoms with van der Waals surface area (Å²) >= 11 is 0. The second-order valence-electron chi connectivity index (χ2n) is 8.08. The van der Waals surface area contributed by atoms with Gasteiger partial charge in [-0.15, -0.1) is 0 Å². The number of amides is 3. The number of hydrogen-bond acceptors (Lipinski definition) is 4. The average molecular weight is 384 g/mol. The lowest BCUT2D eigenvalue weighted by atomic mass is 9.96. The average Bonchev–Trinajstić information content (AvgIpc) is 3.34. The number of nitrogens with one attached hydrogen (secondary N) is 2. The smallest absolute Gasteiger partial charge is 0.318 e. The minimum atomic E-state index is -0.352. The Labute approximate surface area is 164 Å². The molecule has 8 heteroatoms. The summed E-state index contributed by atoms with van der Waals surface area (Å²) in [5.41, 5.74) is 1.64. The van der Waals surface area contributed by atoms with Gasteiger partial charge in [0.15, 0.2) is 5.65 Å². The highest BCUT2D eigenvalue weighted by atomic mass is 16.2. The Balaban J connectivity index is 1.46. The van der Waals surface area contributed by atoms with E-state index in [1.807, 2.05) is 30.9 Å². The van der Waals surface area contributed by atoms with Gasteiger partial charge in [-0.25, -0.2) is 14.8 Å². The van der Waals surface area contributed by atoms with Crippen LogP contribution in [-0.2, 0) is 4.79 Å². The van der Waals surface area contributed by atoms with E-state index in [0.717, 1.165) is 43.6 Å². The molecule has 0 aromatic carbocycles. The molecule has 2 N–H and O–H groups in total. The summed E-state index contributed by atoms with van der Waals surface area (Å²) in [7, 11) is 0. The molecule has 4 heterocycles. The summed E-state index contributed by atoms with van der Waals surface area (Å²) in [6.07, 6.45) is 5.27. The van der Waals surface area contributed by atoms with Gasteiger partial charge < -0.3 is 20.1 Å². The molecular weight excluding hydrogens is 356 g/mol. The van der Waals surface area contributed by atoms with Crippen molar-refractivity contribution in [3.05, 3.63) is 24.2 Å². The Morgan fingerprint density at radius 2 is 2.07 bits per heavy atom. The summed E-state index contributed by atoms with van der Waals surface area (Å²) in [4.78, 5) is 41.6. The summed E-state index contributed by atoms with van der Waals surface area (Å²) in [6.45, 7) is 5.88. The third-order valence-corrected chi connectivity index (χ3v) is 5.61. The SMILES string of the molecule is CC(C)NC(=O)N1CCCC1C(=O)N1CCCC(c2nc3ncccc3[nH]2)C1. The van der Waals surface area contributed by atoms with Crippen molar-refractivity contribution in [1.82, 2.24) is 30.1 Å². The number of piperidine rings is 1. The van der Waals surface area contributed by atoms with Crippen LogP contribution in [0.4, 0.5) is 4.79 Å². The minimum Gasteiger partial charge on any atom is -0.340 e. The monoisotopic (exact) mass is 384 g/mol. The van der Waals surface area contributed by atoms with Crippen molar-refractivity contribution in [2.24, 2.45) is 0 Å². The fourth-order valence-electron chi connectivity index (χ4n) is 4.26. The van der Waals surface area contributed by atoms with Crippen LogP contribution in [0.2, 0.25) is 0 Å². The third kappa shape index (κ3) is 3.68. The first-order chi connectivity index (χ1) is 13.5. The van der Waals surface area contributed by atoms with Crippen LogP contribution in [0.3, 0.4) is 0 Å². The number of carbonyl (C=O) groups excluding carboxylic acids is 2. The fourth-order valence-corrected chi connectivity index (χ4v) is 4.26. The van der Waals surface area contributed by atoms with Gasteiger partial charge in [0.2, 0.25) is 5.91 Å². The lowest BCUT2D eigenvalue weighted by Gasteiger charge is -2.35. The van der Waals surface area contributed by atoms with Gasteiger partial charge in [-0.1, -0.05) is 0 Å². The highest BCUT2D eigenvalue weighted by Crippen LogP contribution is 2.28. The molecule has 0 saturated carbocycles. The number of pyridine rings is 1. The molecule has 3 amide bonds. The van der Waals surface area contributed by atoms with Gasteiger partial charge in [-0.2, -0.15) is 0 Å². The molecule has 0 bridgehead atoms. The number of aromatic nitrogens is 3. The van der Waals surface area contributed by atoms with Gasteiger partial charge in [0, 0.05) is 37.8 Å². The largest absolute Gasteiger partial charge is 0.340 e. The van der Waals surface area contributed by atoms with E-state index in [9.17, 15) is 9.59 Å². The van der Waals surface area contributed by atoms with E-state index >= 15 is 0 Å². The number of carbonyl (C=O) groups is 2. The maximum atomic E-state index is 13.2. The molecule has 2 aromatic rings. The molecule has 2 saturated heterocycles. The molecule has 0 aliphatic carbocycles. The first kappa shape index (κ1) is 18.7. The zero-order chi connectivity index (χ0) is 19.7. The first-order valence-electron chi connectivity index (χ1n) is 10.2. The van der Waals surface area contributed by atoms with Crippen LogP contribution >= 0.6 is 0 Å². The third-order valence-electron chi connectivity index (χ3n) is 5.61. The van der Waals surface area contributed by atoms with Crippen LogP contribution in [0.1, 0.15) is 51.3 Å². The van der Waals surface area contributed by atoms with Gasteiger partial charge in [-0.3, -0.25) is 4.79 Å². The van der Waals surface area contributed by atoms with Crippen molar-refractivity contribution in [2.75, 3.05) is 19.6 Å². The lowest BCUT2D eigenvalue weighted by molar-refractivity contribution is -0.136. The van der Waals surface area contributed by atoms with Gasteiger partial charge in [0.1, 0.15) is 11.9 Å². The second kappa shape index (κ2) is 7.77. The van der Waals surface area contributed by atoms with Crippen LogP contribution in [0.25, 0.3) is 11.2 Å².